The van der Waals surface area contributed by atoms with Gasteiger partial charge in [-0.15, -0.1) is 0 Å². The number of pyridine rings is 1. The van der Waals surface area contributed by atoms with Crippen molar-refractivity contribution in [3.05, 3.63) is 105 Å². The van der Waals surface area contributed by atoms with E-state index in [2.05, 4.69) is 51.3 Å². The second-order valence-electron chi connectivity index (χ2n) is 10.7. The second-order valence-corrected chi connectivity index (χ2v) is 11.1. The average Bonchev–Trinajstić information content (AvgIpc) is 3.72. The molecular formula is C31H33ClN4O2. The van der Waals surface area contributed by atoms with E-state index in [0.29, 0.717) is 18.1 Å². The minimum atomic E-state index is -0.204. The molecule has 2 aliphatic rings. The predicted molar refractivity (Wildman–Crippen MR) is 151 cm³/mol. The Morgan fingerprint density at radius 2 is 1.89 bits per heavy atom. The highest BCUT2D eigenvalue weighted by molar-refractivity contribution is 6.35. The normalized spacial score (nSPS) is 19.5. The first-order valence-electron chi connectivity index (χ1n) is 13.5. The summed E-state index contributed by atoms with van der Waals surface area (Å²) in [5.74, 6) is -0.00658. The molecule has 1 amide bonds. The fourth-order valence-electron chi connectivity index (χ4n) is 5.90. The number of nitrogens with zero attached hydrogens (tertiary/aromatic N) is 3. The van der Waals surface area contributed by atoms with Gasteiger partial charge in [0.25, 0.3) is 5.56 Å². The van der Waals surface area contributed by atoms with Crippen LogP contribution in [0.3, 0.4) is 0 Å². The molecule has 0 bridgehead atoms. The van der Waals surface area contributed by atoms with Gasteiger partial charge >= 0.3 is 0 Å². The Balaban J connectivity index is 1.33. The molecule has 7 heteroatoms. The van der Waals surface area contributed by atoms with Crippen molar-refractivity contribution in [2.75, 3.05) is 13.1 Å². The van der Waals surface area contributed by atoms with Crippen LogP contribution in [0.4, 0.5) is 0 Å². The Morgan fingerprint density at radius 1 is 1.08 bits per heavy atom. The van der Waals surface area contributed by atoms with Crippen LogP contribution in [-0.2, 0) is 24.9 Å². The molecule has 6 rings (SSSR count). The summed E-state index contributed by atoms with van der Waals surface area (Å²) in [6.07, 6.45) is 6.87. The Hall–Kier alpha value is -3.35. The number of hydrogen-bond acceptors (Lipinski definition) is 3. The highest BCUT2D eigenvalue weighted by atomic mass is 35.5. The van der Waals surface area contributed by atoms with Crippen LogP contribution in [0.1, 0.15) is 41.9 Å². The van der Waals surface area contributed by atoms with Crippen molar-refractivity contribution in [3.8, 4) is 0 Å². The summed E-state index contributed by atoms with van der Waals surface area (Å²) in [6.45, 7) is 2.74. The number of carbonyl (C=O) groups excluding carboxylic acids is 1. The molecule has 2 aromatic carbocycles. The lowest BCUT2D eigenvalue weighted by molar-refractivity contribution is -0.138. The maximum atomic E-state index is 14.2. The van der Waals surface area contributed by atoms with Gasteiger partial charge in [-0.1, -0.05) is 48.0 Å². The van der Waals surface area contributed by atoms with Crippen LogP contribution >= 0.6 is 11.6 Å². The van der Waals surface area contributed by atoms with E-state index in [1.807, 2.05) is 30.5 Å². The van der Waals surface area contributed by atoms with Gasteiger partial charge in [0, 0.05) is 56.6 Å². The summed E-state index contributed by atoms with van der Waals surface area (Å²) in [4.78, 5) is 28.7. The molecule has 1 aliphatic carbocycles. The van der Waals surface area contributed by atoms with Gasteiger partial charge in [-0.3, -0.25) is 9.59 Å². The minimum absolute atomic E-state index is 0.0295. The van der Waals surface area contributed by atoms with Gasteiger partial charge in [0.15, 0.2) is 0 Å². The molecule has 196 valence electrons. The Morgan fingerprint density at radius 3 is 2.66 bits per heavy atom. The van der Waals surface area contributed by atoms with Crippen LogP contribution in [0.2, 0.25) is 5.02 Å². The van der Waals surface area contributed by atoms with Crippen LogP contribution in [-0.4, -0.2) is 39.1 Å². The van der Waals surface area contributed by atoms with Gasteiger partial charge in [0.2, 0.25) is 5.91 Å². The number of carbonyl (C=O) groups is 1. The van der Waals surface area contributed by atoms with Gasteiger partial charge < -0.3 is 19.4 Å². The van der Waals surface area contributed by atoms with Crippen LogP contribution in [0.15, 0.2) is 77.9 Å². The van der Waals surface area contributed by atoms with Crippen LogP contribution in [0.5, 0.6) is 0 Å². The van der Waals surface area contributed by atoms with Crippen molar-refractivity contribution in [3.63, 3.8) is 0 Å². The molecule has 1 unspecified atom stereocenters. The zero-order chi connectivity index (χ0) is 26.2. The summed E-state index contributed by atoms with van der Waals surface area (Å²) in [6, 6.07) is 20.4. The van der Waals surface area contributed by atoms with E-state index in [-0.39, 0.29) is 29.3 Å². The SMILES string of the molecule is Cn1ccc(C2CCNC[C@@H]2C(=O)N(Cc2cn(Cc3ccccc3)c3cccc(Cl)c23)C2CC2)cc1=O. The molecule has 0 radical (unpaired) electrons. The third kappa shape index (κ3) is 4.91. The van der Waals surface area contributed by atoms with E-state index < -0.39 is 0 Å². The smallest absolute Gasteiger partial charge is 0.250 e. The Bertz CT molecular complexity index is 1520. The lowest BCUT2D eigenvalue weighted by Crippen LogP contribution is -2.47. The second kappa shape index (κ2) is 10.4. The maximum Gasteiger partial charge on any atom is 0.250 e. The first-order chi connectivity index (χ1) is 18.5. The molecular weight excluding hydrogens is 496 g/mol. The highest BCUT2D eigenvalue weighted by Gasteiger charge is 2.40. The van der Waals surface area contributed by atoms with E-state index in [1.165, 1.54) is 5.56 Å². The van der Waals surface area contributed by atoms with Gasteiger partial charge in [0.05, 0.1) is 16.5 Å². The zero-order valence-electron chi connectivity index (χ0n) is 21.6. The van der Waals surface area contributed by atoms with Crippen LogP contribution in [0, 0.1) is 5.92 Å². The van der Waals surface area contributed by atoms with Crippen LogP contribution < -0.4 is 10.9 Å². The number of fused-ring (bicyclic) bond motifs is 1. The standard InChI is InChI=1S/C31H33ClN4O2/c1-34-15-13-22(16-29(34)37)25-12-14-33-17-26(25)31(38)36(24-10-11-24)20-23-19-35(18-21-6-3-2-4-7-21)28-9-5-8-27(32)30(23)28/h2-9,13,15-16,19,24-26,33H,10-12,14,17-18,20H2,1H3/t25?,26-/m0/s1. The summed E-state index contributed by atoms with van der Waals surface area (Å²) < 4.78 is 3.82. The monoisotopic (exact) mass is 528 g/mol. The summed E-state index contributed by atoms with van der Waals surface area (Å²) >= 11 is 6.76. The van der Waals surface area contributed by atoms with Crippen LogP contribution in [0.25, 0.3) is 10.9 Å². The first kappa shape index (κ1) is 25.0. The number of piperidine rings is 1. The lowest BCUT2D eigenvalue weighted by atomic mass is 9.80. The molecule has 1 saturated heterocycles. The van der Waals surface area contributed by atoms with Crippen molar-refractivity contribution in [2.45, 2.75) is 44.3 Å². The molecule has 2 fully saturated rings. The number of aromatic nitrogens is 2. The van der Waals surface area contributed by atoms with Gasteiger partial charge in [-0.2, -0.15) is 0 Å². The van der Waals surface area contributed by atoms with Crippen molar-refractivity contribution in [1.82, 2.24) is 19.4 Å². The third-order valence-electron chi connectivity index (χ3n) is 8.10. The number of hydrogen-bond donors (Lipinski definition) is 1. The van der Waals surface area contributed by atoms with Crippen molar-refractivity contribution in [2.24, 2.45) is 13.0 Å². The number of amides is 1. The van der Waals surface area contributed by atoms with E-state index in [4.69, 9.17) is 11.6 Å². The first-order valence-corrected chi connectivity index (χ1v) is 13.9. The van der Waals surface area contributed by atoms with Gasteiger partial charge in [-0.25, -0.2) is 0 Å². The molecule has 2 atom stereocenters. The fourth-order valence-corrected chi connectivity index (χ4v) is 6.20. The predicted octanol–water partition coefficient (Wildman–Crippen LogP) is 4.93. The number of aryl methyl sites for hydroxylation is 1. The van der Waals surface area contributed by atoms with E-state index in [1.54, 1.807) is 17.7 Å². The van der Waals surface area contributed by atoms with E-state index in [9.17, 15) is 9.59 Å². The summed E-state index contributed by atoms with van der Waals surface area (Å²) in [7, 11) is 1.76. The van der Waals surface area contributed by atoms with Crippen molar-refractivity contribution >= 4 is 28.4 Å². The largest absolute Gasteiger partial charge is 0.343 e. The molecule has 4 aromatic rings. The summed E-state index contributed by atoms with van der Waals surface area (Å²) in [5.41, 5.74) is 4.31. The molecule has 38 heavy (non-hydrogen) atoms. The number of rotatable bonds is 7. The molecule has 2 aromatic heterocycles. The number of benzene rings is 2. The fraction of sp³-hybridized carbons (Fsp3) is 0.355. The average molecular weight is 529 g/mol. The number of nitrogens with one attached hydrogen (secondary N) is 1. The van der Waals surface area contributed by atoms with Gasteiger partial charge in [0.1, 0.15) is 0 Å². The Labute approximate surface area is 227 Å². The zero-order valence-corrected chi connectivity index (χ0v) is 22.4. The molecule has 0 spiro atoms. The quantitative estimate of drug-likeness (QED) is 0.370. The molecule has 1 aliphatic heterocycles. The molecule has 3 heterocycles. The van der Waals surface area contributed by atoms with E-state index >= 15 is 0 Å². The molecule has 1 saturated carbocycles. The highest BCUT2D eigenvalue weighted by Crippen LogP contribution is 2.38. The van der Waals surface area contributed by atoms with Gasteiger partial charge in [-0.05, 0) is 66.6 Å². The molecule has 6 nitrogen and oxygen atoms in total. The third-order valence-corrected chi connectivity index (χ3v) is 8.41. The number of halogens is 1. The maximum absolute atomic E-state index is 14.2. The molecule has 1 N–H and O–H groups in total. The summed E-state index contributed by atoms with van der Waals surface area (Å²) in [5, 5.41) is 5.17. The lowest BCUT2D eigenvalue weighted by Gasteiger charge is -2.35. The minimum Gasteiger partial charge on any atom is -0.343 e. The Kier molecular flexibility index (Phi) is 6.85. The topological polar surface area (TPSA) is 59.3 Å². The van der Waals surface area contributed by atoms with Crippen molar-refractivity contribution < 1.29 is 4.79 Å². The van der Waals surface area contributed by atoms with Crippen molar-refractivity contribution in [1.29, 1.82) is 0 Å². The van der Waals surface area contributed by atoms with E-state index in [0.717, 1.165) is 54.4 Å².